The molecule has 6 rings (SSSR count). The Hall–Kier alpha value is -3.83. The summed E-state index contributed by atoms with van der Waals surface area (Å²) >= 11 is 0. The van der Waals surface area contributed by atoms with E-state index in [-0.39, 0.29) is 18.0 Å². The molecule has 0 bridgehead atoms. The summed E-state index contributed by atoms with van der Waals surface area (Å²) in [5, 5.41) is 3.06. The minimum absolute atomic E-state index is 0.0346. The summed E-state index contributed by atoms with van der Waals surface area (Å²) in [5.41, 5.74) is 11.8. The zero-order chi connectivity index (χ0) is 33.1. The van der Waals surface area contributed by atoms with Gasteiger partial charge < -0.3 is 35.4 Å². The number of hydrogen-bond acceptors (Lipinski definition) is 7. The maximum atomic E-state index is 14.0. The van der Waals surface area contributed by atoms with E-state index in [1.165, 1.54) is 0 Å². The van der Waals surface area contributed by atoms with Crippen LogP contribution < -0.4 is 11.1 Å². The van der Waals surface area contributed by atoms with Gasteiger partial charge in [-0.05, 0) is 94.4 Å². The summed E-state index contributed by atoms with van der Waals surface area (Å²) in [4.78, 5) is 51.1. The standard InChI is InChI=1S/C36H51N7O4/c1-25-22-27(23-26(2)33(25)37)24-32(34(44)41-20-18-40(19-21-41)29-9-13-39(3)14-10-29)47-36(46)42-15-11-30(12-16-42)43-17-8-28-6-4-5-7-31(28)38-35(43)45/h4-7,22-23,29-30,32H,8-21,24,37H2,1-3H3,(H,38,45)/t32-/m1/s1. The van der Waals surface area contributed by atoms with E-state index in [4.69, 9.17) is 10.5 Å². The van der Waals surface area contributed by atoms with Gasteiger partial charge in [0.2, 0.25) is 0 Å². The third-order valence-corrected chi connectivity index (χ3v) is 10.7. The number of nitrogens with one attached hydrogen (secondary N) is 1. The molecule has 4 aliphatic heterocycles. The van der Waals surface area contributed by atoms with Gasteiger partial charge in [-0.1, -0.05) is 30.3 Å². The Balaban J connectivity index is 1.08. The summed E-state index contributed by atoms with van der Waals surface area (Å²) in [5.74, 6) is -0.135. The van der Waals surface area contributed by atoms with E-state index in [2.05, 4.69) is 28.2 Å². The van der Waals surface area contributed by atoms with Gasteiger partial charge in [0, 0.05) is 75.7 Å². The third kappa shape index (κ3) is 7.67. The number of hydrogen-bond donors (Lipinski definition) is 2. The average molecular weight is 646 g/mol. The number of ether oxygens (including phenoxy) is 1. The first kappa shape index (κ1) is 33.1. The fourth-order valence-electron chi connectivity index (χ4n) is 7.74. The van der Waals surface area contributed by atoms with Gasteiger partial charge in [0.25, 0.3) is 5.91 Å². The number of carbonyl (C=O) groups excluding carboxylic acids is 3. The normalized spacial score (nSPS) is 21.2. The molecule has 254 valence electrons. The van der Waals surface area contributed by atoms with Crippen LogP contribution in [0.4, 0.5) is 21.0 Å². The third-order valence-electron chi connectivity index (χ3n) is 10.7. The molecule has 0 aliphatic carbocycles. The molecule has 2 aromatic rings. The molecule has 0 aromatic heterocycles. The number of aryl methyl sites for hydroxylation is 2. The van der Waals surface area contributed by atoms with E-state index in [0.29, 0.717) is 58.0 Å². The number of anilines is 2. The molecule has 0 unspecified atom stereocenters. The Morgan fingerprint density at radius 1 is 0.872 bits per heavy atom. The second-order valence-electron chi connectivity index (χ2n) is 13.9. The number of para-hydroxylation sites is 1. The van der Waals surface area contributed by atoms with Crippen LogP contribution in [0.3, 0.4) is 0 Å². The second-order valence-corrected chi connectivity index (χ2v) is 13.9. The number of nitrogens with two attached hydrogens (primary N) is 1. The summed E-state index contributed by atoms with van der Waals surface area (Å²) in [6.45, 7) is 10.7. The number of nitrogen functional groups attached to an aromatic ring is 1. The molecule has 2 aromatic carbocycles. The molecule has 3 N–H and O–H groups in total. The molecule has 0 saturated carbocycles. The lowest BCUT2D eigenvalue weighted by Gasteiger charge is -2.42. The Bertz CT molecular complexity index is 1420. The first-order valence-electron chi connectivity index (χ1n) is 17.3. The van der Waals surface area contributed by atoms with Crippen LogP contribution in [0.25, 0.3) is 0 Å². The van der Waals surface area contributed by atoms with E-state index in [1.54, 1.807) is 4.90 Å². The number of amides is 4. The number of fused-ring (bicyclic) bond motifs is 1. The van der Waals surface area contributed by atoms with Crippen LogP contribution in [0.1, 0.15) is 47.9 Å². The van der Waals surface area contributed by atoms with Gasteiger partial charge in [-0.3, -0.25) is 9.69 Å². The number of urea groups is 1. The molecule has 47 heavy (non-hydrogen) atoms. The van der Waals surface area contributed by atoms with Gasteiger partial charge in [-0.25, -0.2) is 9.59 Å². The van der Waals surface area contributed by atoms with E-state index in [1.807, 2.05) is 54.0 Å². The van der Waals surface area contributed by atoms with Crippen molar-refractivity contribution in [1.82, 2.24) is 24.5 Å². The molecule has 0 spiro atoms. The monoisotopic (exact) mass is 645 g/mol. The summed E-state index contributed by atoms with van der Waals surface area (Å²) < 4.78 is 6.09. The zero-order valence-corrected chi connectivity index (χ0v) is 28.2. The number of piperazine rings is 1. The maximum absolute atomic E-state index is 14.0. The van der Waals surface area contributed by atoms with Gasteiger partial charge in [0.1, 0.15) is 0 Å². The molecular weight excluding hydrogens is 594 g/mol. The number of carbonyl (C=O) groups is 3. The summed E-state index contributed by atoms with van der Waals surface area (Å²) in [6.07, 6.45) is 3.33. The summed E-state index contributed by atoms with van der Waals surface area (Å²) in [7, 11) is 2.17. The molecule has 1 atom stereocenters. The van der Waals surface area contributed by atoms with Gasteiger partial charge in [-0.15, -0.1) is 0 Å². The molecule has 4 amide bonds. The Morgan fingerprint density at radius 2 is 1.51 bits per heavy atom. The first-order valence-corrected chi connectivity index (χ1v) is 17.3. The lowest BCUT2D eigenvalue weighted by Crippen LogP contribution is -2.56. The minimum atomic E-state index is -0.924. The van der Waals surface area contributed by atoms with Crippen molar-refractivity contribution in [3.8, 4) is 0 Å². The van der Waals surface area contributed by atoms with Crippen molar-refractivity contribution in [2.24, 2.45) is 0 Å². The quantitative estimate of drug-likeness (QED) is 0.461. The van der Waals surface area contributed by atoms with Crippen molar-refractivity contribution < 1.29 is 19.1 Å². The highest BCUT2D eigenvalue weighted by atomic mass is 16.6. The largest absolute Gasteiger partial charge is 0.436 e. The van der Waals surface area contributed by atoms with Crippen molar-refractivity contribution in [1.29, 1.82) is 0 Å². The van der Waals surface area contributed by atoms with Crippen LogP contribution in [-0.4, -0.2) is 127 Å². The predicted octanol–water partition coefficient (Wildman–Crippen LogP) is 3.73. The highest BCUT2D eigenvalue weighted by Gasteiger charge is 2.36. The minimum Gasteiger partial charge on any atom is -0.436 e. The van der Waals surface area contributed by atoms with Crippen LogP contribution in [-0.2, 0) is 22.4 Å². The molecular formula is C36H51N7O4. The lowest BCUT2D eigenvalue weighted by molar-refractivity contribution is -0.143. The van der Waals surface area contributed by atoms with Crippen molar-refractivity contribution in [3.63, 3.8) is 0 Å². The number of nitrogens with zero attached hydrogens (tertiary/aromatic N) is 5. The maximum Gasteiger partial charge on any atom is 0.410 e. The summed E-state index contributed by atoms with van der Waals surface area (Å²) in [6, 6.07) is 12.4. The van der Waals surface area contributed by atoms with Gasteiger partial charge in [0.05, 0.1) is 0 Å². The van der Waals surface area contributed by atoms with Crippen molar-refractivity contribution >= 4 is 29.4 Å². The number of benzene rings is 2. The van der Waals surface area contributed by atoms with Crippen LogP contribution in [0.5, 0.6) is 0 Å². The van der Waals surface area contributed by atoms with Crippen molar-refractivity contribution in [2.45, 2.75) is 70.6 Å². The second kappa shape index (κ2) is 14.5. The average Bonchev–Trinajstić information content (AvgIpc) is 3.25. The molecule has 3 saturated heterocycles. The van der Waals surface area contributed by atoms with E-state index in [9.17, 15) is 14.4 Å². The zero-order valence-electron chi connectivity index (χ0n) is 28.2. The van der Waals surface area contributed by atoms with Crippen LogP contribution in [0.2, 0.25) is 0 Å². The SMILES string of the molecule is Cc1cc(C[C@@H](OC(=O)N2CCC(N3CCc4ccccc4NC3=O)CC2)C(=O)N2CCN(C3CCN(C)CC3)CC2)cc(C)c1N. The van der Waals surface area contributed by atoms with Gasteiger partial charge >= 0.3 is 12.1 Å². The number of likely N-dealkylation sites (tertiary alicyclic amines) is 2. The Labute approximate surface area is 279 Å². The van der Waals surface area contributed by atoms with E-state index in [0.717, 1.165) is 79.1 Å². The van der Waals surface area contributed by atoms with Crippen molar-refractivity contribution in [2.75, 3.05) is 77.0 Å². The lowest BCUT2D eigenvalue weighted by atomic mass is 9.99. The molecule has 11 nitrogen and oxygen atoms in total. The Morgan fingerprint density at radius 3 is 2.19 bits per heavy atom. The van der Waals surface area contributed by atoms with Crippen LogP contribution in [0, 0.1) is 13.8 Å². The molecule has 11 heteroatoms. The van der Waals surface area contributed by atoms with Crippen LogP contribution in [0.15, 0.2) is 36.4 Å². The van der Waals surface area contributed by atoms with Gasteiger partial charge in [-0.2, -0.15) is 0 Å². The molecule has 3 fully saturated rings. The smallest absolute Gasteiger partial charge is 0.410 e. The van der Waals surface area contributed by atoms with Crippen LogP contribution >= 0.6 is 0 Å². The highest BCUT2D eigenvalue weighted by Crippen LogP contribution is 2.26. The molecule has 4 aliphatic rings. The molecule has 0 radical (unpaired) electrons. The topological polar surface area (TPSA) is 115 Å². The van der Waals surface area contributed by atoms with E-state index < -0.39 is 12.2 Å². The fraction of sp³-hybridized carbons (Fsp3) is 0.583. The number of rotatable bonds is 6. The van der Waals surface area contributed by atoms with Crippen molar-refractivity contribution in [3.05, 3.63) is 58.7 Å². The predicted molar refractivity (Wildman–Crippen MR) is 183 cm³/mol. The highest BCUT2D eigenvalue weighted by molar-refractivity contribution is 5.91. The fourth-order valence-corrected chi connectivity index (χ4v) is 7.74. The number of piperidine rings is 2. The molecule has 4 heterocycles. The Kier molecular flexibility index (Phi) is 10.2. The van der Waals surface area contributed by atoms with E-state index >= 15 is 0 Å². The first-order chi connectivity index (χ1) is 22.7. The van der Waals surface area contributed by atoms with Gasteiger partial charge in [0.15, 0.2) is 6.10 Å².